The molecule has 9 nitrogen and oxygen atoms in total. The molecule has 2 aliphatic heterocycles. The maximum absolute atomic E-state index is 15.3. The van der Waals surface area contributed by atoms with Crippen LogP contribution < -0.4 is 15.1 Å². The number of ether oxygens (including phenoxy) is 1. The van der Waals surface area contributed by atoms with Gasteiger partial charge >= 0.3 is 0 Å². The highest BCUT2D eigenvalue weighted by molar-refractivity contribution is 14.1. The first-order valence-corrected chi connectivity index (χ1v) is 18.5. The summed E-state index contributed by atoms with van der Waals surface area (Å²) in [4.78, 5) is 59.8. The van der Waals surface area contributed by atoms with Crippen molar-refractivity contribution in [3.8, 4) is 11.5 Å². The van der Waals surface area contributed by atoms with Gasteiger partial charge in [-0.25, -0.2) is 4.39 Å². The van der Waals surface area contributed by atoms with Crippen LogP contribution in [0.1, 0.15) is 36.8 Å². The van der Waals surface area contributed by atoms with E-state index >= 15 is 4.79 Å². The number of benzene rings is 4. The Hall–Kier alpha value is -4.75. The molecule has 6 atom stereocenters. The van der Waals surface area contributed by atoms with Crippen LogP contribution in [0.4, 0.5) is 15.8 Å². The van der Waals surface area contributed by atoms with Crippen molar-refractivity contribution in [2.75, 3.05) is 16.9 Å². The second-order valence-corrected chi connectivity index (χ2v) is 15.2. The third kappa shape index (κ3) is 5.22. The summed E-state index contributed by atoms with van der Waals surface area (Å²) in [5.74, 6) is -5.90. The molecule has 0 spiro atoms. The first-order valence-electron chi connectivity index (χ1n) is 17.0. The average Bonchev–Trinajstić information content (AvgIpc) is 3.51. The molecule has 1 saturated carbocycles. The second-order valence-electron chi connectivity index (χ2n) is 13.5. The highest BCUT2D eigenvalue weighted by atomic mass is 127. The third-order valence-corrected chi connectivity index (χ3v) is 11.9. The predicted molar refractivity (Wildman–Crippen MR) is 200 cm³/mol. The fourth-order valence-electron chi connectivity index (χ4n) is 8.86. The zero-order valence-corrected chi connectivity index (χ0v) is 30.7. The number of hydrogen-bond acceptors (Lipinski definition) is 7. The van der Waals surface area contributed by atoms with Gasteiger partial charge in [-0.1, -0.05) is 41.4 Å². The molecule has 8 rings (SSSR count). The summed E-state index contributed by atoms with van der Waals surface area (Å²) in [6, 6.07) is 24.2. The normalized spacial score (nSPS) is 26.5. The summed E-state index contributed by atoms with van der Waals surface area (Å²) in [7, 11) is 0. The lowest BCUT2D eigenvalue weighted by Gasteiger charge is -2.50. The molecule has 264 valence electrons. The van der Waals surface area contributed by atoms with Crippen molar-refractivity contribution in [1.29, 1.82) is 0 Å². The molecule has 2 heterocycles. The Morgan fingerprint density at radius 3 is 2.33 bits per heavy atom. The lowest BCUT2D eigenvalue weighted by Crippen LogP contribution is -2.53. The van der Waals surface area contributed by atoms with Crippen LogP contribution >= 0.6 is 34.2 Å². The Bertz CT molecular complexity index is 2160. The van der Waals surface area contributed by atoms with Crippen LogP contribution in [-0.2, 0) is 24.6 Å². The summed E-state index contributed by atoms with van der Waals surface area (Å²) in [5, 5.41) is 12.2. The van der Waals surface area contributed by atoms with Gasteiger partial charge in [0.2, 0.25) is 11.8 Å². The lowest BCUT2D eigenvalue weighted by molar-refractivity contribution is -0.138. The zero-order valence-electron chi connectivity index (χ0n) is 27.8. The van der Waals surface area contributed by atoms with Gasteiger partial charge in [-0.15, -0.1) is 0 Å². The Labute approximate surface area is 317 Å². The third-order valence-electron chi connectivity index (χ3n) is 11.0. The molecule has 0 aromatic heterocycles. The van der Waals surface area contributed by atoms with Gasteiger partial charge in [0.15, 0.2) is 11.5 Å². The molecule has 3 fully saturated rings. The topological polar surface area (TPSA) is 116 Å². The maximum Gasteiger partial charge on any atom is 0.260 e. The van der Waals surface area contributed by atoms with E-state index in [2.05, 4.69) is 28.0 Å². The summed E-state index contributed by atoms with van der Waals surface area (Å²) >= 11 is 8.54. The predicted octanol–water partition coefficient (Wildman–Crippen LogP) is 7.38. The number of nitrogens with zero attached hydrogens (tertiary/aromatic N) is 2. The molecule has 4 amide bonds. The van der Waals surface area contributed by atoms with E-state index in [-0.39, 0.29) is 42.8 Å². The number of carbonyl (C=O) groups excluding carboxylic acids is 4. The minimum Gasteiger partial charge on any atom is -0.504 e. The smallest absolute Gasteiger partial charge is 0.260 e. The molecule has 4 aliphatic rings. The standard InChI is InChI=1S/C40H32ClFIN3O6/c1-2-52-33-19-21(3-18-32(33)47)35-28-16-17-29-34(38(50)45(36(29)48)27-14-10-25(43)11-15-27)30(28)20-31-37(49)46(44-26-12-8-24(42)9-13-26)39(51)40(31,35)22-4-6-23(41)7-5-22/h3-16,18-19,29-31,34-35,44,47H,2,17,20H2,1H3. The number of amides is 4. The van der Waals surface area contributed by atoms with E-state index in [0.29, 0.717) is 27.5 Å². The molecule has 2 N–H and O–H groups in total. The van der Waals surface area contributed by atoms with Crippen molar-refractivity contribution >= 4 is 69.2 Å². The summed E-state index contributed by atoms with van der Waals surface area (Å²) in [6.07, 6.45) is 2.33. The quantitative estimate of drug-likeness (QED) is 0.114. The molecule has 2 saturated heterocycles. The minimum absolute atomic E-state index is 0.0918. The number of phenolic OH excluding ortho intramolecular Hbond substituents is 1. The van der Waals surface area contributed by atoms with E-state index in [1.165, 1.54) is 35.2 Å². The number of phenols is 1. The second kappa shape index (κ2) is 13.0. The Balaban J connectivity index is 1.33. The summed E-state index contributed by atoms with van der Waals surface area (Å²) < 4.78 is 20.6. The van der Waals surface area contributed by atoms with Crippen LogP contribution in [0.25, 0.3) is 0 Å². The van der Waals surface area contributed by atoms with E-state index in [1.54, 1.807) is 55.5 Å². The fourth-order valence-corrected chi connectivity index (χ4v) is 9.34. The Morgan fingerprint density at radius 1 is 0.923 bits per heavy atom. The van der Waals surface area contributed by atoms with Crippen molar-refractivity contribution in [3.63, 3.8) is 0 Å². The molecule has 4 aromatic rings. The molecule has 2 aliphatic carbocycles. The van der Waals surface area contributed by atoms with Crippen LogP contribution in [0.15, 0.2) is 103 Å². The molecule has 4 aromatic carbocycles. The molecule has 0 radical (unpaired) electrons. The average molecular weight is 832 g/mol. The van der Waals surface area contributed by atoms with Crippen LogP contribution in [0.2, 0.25) is 5.02 Å². The van der Waals surface area contributed by atoms with E-state index in [0.717, 1.165) is 14.2 Å². The first-order chi connectivity index (χ1) is 25.0. The number of anilines is 2. The number of hydrazine groups is 1. The molecule has 12 heteroatoms. The fraction of sp³-hybridized carbons (Fsp3) is 0.250. The molecular formula is C40H32ClFIN3O6. The zero-order chi connectivity index (χ0) is 36.5. The van der Waals surface area contributed by atoms with Crippen molar-refractivity contribution in [1.82, 2.24) is 5.01 Å². The SMILES string of the molecule is CCOc1cc(C2C3=CCC4C(=O)N(c5ccc(I)cc5)C(=O)C4C3CC3C(=O)N(Nc4ccc(F)cc4)C(=O)C32c2ccc(Cl)cc2)ccc1O. The van der Waals surface area contributed by atoms with Crippen LogP contribution in [-0.4, -0.2) is 40.4 Å². The molecule has 52 heavy (non-hydrogen) atoms. The molecule has 0 bridgehead atoms. The number of imide groups is 2. The van der Waals surface area contributed by atoms with E-state index in [1.807, 2.05) is 18.2 Å². The largest absolute Gasteiger partial charge is 0.504 e. The monoisotopic (exact) mass is 831 g/mol. The number of halogens is 3. The van der Waals surface area contributed by atoms with Crippen molar-refractivity contribution in [2.24, 2.45) is 23.7 Å². The highest BCUT2D eigenvalue weighted by Crippen LogP contribution is 2.64. The lowest BCUT2D eigenvalue weighted by atomic mass is 9.49. The summed E-state index contributed by atoms with van der Waals surface area (Å²) in [6.45, 7) is 2.05. The van der Waals surface area contributed by atoms with Gasteiger partial charge in [0.1, 0.15) is 5.82 Å². The van der Waals surface area contributed by atoms with Crippen molar-refractivity contribution in [3.05, 3.63) is 128 Å². The van der Waals surface area contributed by atoms with Crippen LogP contribution in [0, 0.1) is 33.1 Å². The number of allylic oxidation sites excluding steroid dienone is 2. The maximum atomic E-state index is 15.3. The minimum atomic E-state index is -1.55. The molecular weight excluding hydrogens is 800 g/mol. The number of rotatable bonds is 7. The van der Waals surface area contributed by atoms with E-state index in [9.17, 15) is 23.9 Å². The van der Waals surface area contributed by atoms with Crippen molar-refractivity contribution in [2.45, 2.75) is 31.1 Å². The number of nitrogens with one attached hydrogen (secondary N) is 1. The van der Waals surface area contributed by atoms with E-state index < -0.39 is 52.6 Å². The van der Waals surface area contributed by atoms with Crippen molar-refractivity contribution < 1.29 is 33.4 Å². The van der Waals surface area contributed by atoms with Gasteiger partial charge in [0.05, 0.1) is 41.2 Å². The van der Waals surface area contributed by atoms with Gasteiger partial charge in [-0.05, 0) is 132 Å². The van der Waals surface area contributed by atoms with Crippen LogP contribution in [0.3, 0.4) is 0 Å². The first kappa shape index (κ1) is 34.3. The Morgan fingerprint density at radius 2 is 1.63 bits per heavy atom. The van der Waals surface area contributed by atoms with Gasteiger partial charge in [0.25, 0.3) is 11.8 Å². The van der Waals surface area contributed by atoms with Gasteiger partial charge in [-0.3, -0.25) is 29.5 Å². The van der Waals surface area contributed by atoms with Gasteiger partial charge in [0, 0.05) is 14.5 Å². The number of aromatic hydroxyl groups is 1. The number of carbonyl (C=O) groups is 4. The van der Waals surface area contributed by atoms with Gasteiger partial charge in [-0.2, -0.15) is 5.01 Å². The van der Waals surface area contributed by atoms with Crippen LogP contribution in [0.5, 0.6) is 11.5 Å². The van der Waals surface area contributed by atoms with E-state index in [4.69, 9.17) is 16.3 Å². The number of fused-ring (bicyclic) bond motifs is 4. The summed E-state index contributed by atoms with van der Waals surface area (Å²) in [5.41, 5.74) is 4.09. The molecule has 6 unspecified atom stereocenters. The highest BCUT2D eigenvalue weighted by Gasteiger charge is 2.70. The number of hydrogen-bond donors (Lipinski definition) is 2. The van der Waals surface area contributed by atoms with Gasteiger partial charge < -0.3 is 9.84 Å². The Kier molecular flexibility index (Phi) is 8.61.